The molecule has 0 saturated heterocycles. The summed E-state index contributed by atoms with van der Waals surface area (Å²) >= 11 is 3.45. The smallest absolute Gasteiger partial charge is 0.254 e. The molecule has 2 rings (SSSR count). The van der Waals surface area contributed by atoms with E-state index >= 15 is 0 Å². The van der Waals surface area contributed by atoms with Gasteiger partial charge < -0.3 is 4.90 Å². The molecule has 14 heavy (non-hydrogen) atoms. The van der Waals surface area contributed by atoms with E-state index < -0.39 is 0 Å². The number of hydrogen-bond acceptors (Lipinski definition) is 1. The van der Waals surface area contributed by atoms with Gasteiger partial charge in [-0.25, -0.2) is 0 Å². The highest BCUT2D eigenvalue weighted by atomic mass is 79.9. The third kappa shape index (κ3) is 1.46. The summed E-state index contributed by atoms with van der Waals surface area (Å²) in [6.07, 6.45) is 0.956. The van der Waals surface area contributed by atoms with E-state index in [1.165, 1.54) is 5.56 Å². The number of rotatable bonds is 0. The van der Waals surface area contributed by atoms with Crippen LogP contribution in [0.25, 0.3) is 0 Å². The molecule has 0 aromatic heterocycles. The van der Waals surface area contributed by atoms with Crippen LogP contribution in [0.15, 0.2) is 16.6 Å². The van der Waals surface area contributed by atoms with E-state index in [4.69, 9.17) is 0 Å². The lowest BCUT2D eigenvalue weighted by atomic mass is 9.95. The molecule has 0 spiro atoms. The van der Waals surface area contributed by atoms with Crippen LogP contribution in [0.4, 0.5) is 0 Å². The fraction of sp³-hybridized carbons (Fsp3) is 0.364. The van der Waals surface area contributed by atoms with Crippen LogP contribution in [0.3, 0.4) is 0 Å². The van der Waals surface area contributed by atoms with Gasteiger partial charge in [0, 0.05) is 23.6 Å². The minimum absolute atomic E-state index is 0.149. The molecule has 2 nitrogen and oxygen atoms in total. The van der Waals surface area contributed by atoms with Crippen LogP contribution in [-0.4, -0.2) is 24.4 Å². The molecule has 1 aromatic rings. The lowest BCUT2D eigenvalue weighted by molar-refractivity contribution is 0.0780. The van der Waals surface area contributed by atoms with Gasteiger partial charge in [-0.3, -0.25) is 4.79 Å². The van der Waals surface area contributed by atoms with Crippen molar-refractivity contribution in [3.8, 4) is 0 Å². The van der Waals surface area contributed by atoms with E-state index in [-0.39, 0.29) is 5.91 Å². The Kier molecular flexibility index (Phi) is 2.35. The third-order valence-corrected chi connectivity index (χ3v) is 3.12. The van der Waals surface area contributed by atoms with Crippen molar-refractivity contribution in [1.82, 2.24) is 4.90 Å². The zero-order valence-electron chi connectivity index (χ0n) is 8.30. The Hall–Kier alpha value is -0.830. The second-order valence-electron chi connectivity index (χ2n) is 3.73. The lowest BCUT2D eigenvalue weighted by Crippen LogP contribution is -2.34. The molecule has 0 unspecified atom stereocenters. The predicted octanol–water partition coefficient (Wildman–Crippen LogP) is 2.39. The molecule has 1 aliphatic heterocycles. The fourth-order valence-electron chi connectivity index (χ4n) is 1.90. The minimum atomic E-state index is 0.149. The van der Waals surface area contributed by atoms with Crippen molar-refractivity contribution in [3.63, 3.8) is 0 Å². The topological polar surface area (TPSA) is 20.3 Å². The Morgan fingerprint density at radius 2 is 2.14 bits per heavy atom. The predicted molar refractivity (Wildman–Crippen MR) is 59.5 cm³/mol. The van der Waals surface area contributed by atoms with Crippen LogP contribution in [-0.2, 0) is 6.42 Å². The van der Waals surface area contributed by atoms with Crippen LogP contribution in [0.2, 0.25) is 0 Å². The Morgan fingerprint density at radius 1 is 1.43 bits per heavy atom. The first kappa shape index (κ1) is 9.71. The summed E-state index contributed by atoms with van der Waals surface area (Å²) in [4.78, 5) is 13.6. The maximum Gasteiger partial charge on any atom is 0.254 e. The van der Waals surface area contributed by atoms with Gasteiger partial charge in [0.2, 0.25) is 0 Å². The highest BCUT2D eigenvalue weighted by Gasteiger charge is 2.23. The monoisotopic (exact) mass is 253 g/mol. The Balaban J connectivity index is 2.60. The first-order valence-corrected chi connectivity index (χ1v) is 5.43. The normalized spacial score (nSPS) is 15.6. The van der Waals surface area contributed by atoms with Gasteiger partial charge in [0.15, 0.2) is 0 Å². The quantitative estimate of drug-likeness (QED) is 0.696. The van der Waals surface area contributed by atoms with Crippen LogP contribution >= 0.6 is 15.9 Å². The molecule has 0 aliphatic carbocycles. The van der Waals surface area contributed by atoms with Gasteiger partial charge in [0.25, 0.3) is 5.91 Å². The van der Waals surface area contributed by atoms with Gasteiger partial charge in [0.05, 0.1) is 0 Å². The summed E-state index contributed by atoms with van der Waals surface area (Å²) in [5.74, 6) is 0.149. The average Bonchev–Trinajstić information content (AvgIpc) is 2.10. The Labute approximate surface area is 92.0 Å². The van der Waals surface area contributed by atoms with Crippen LogP contribution in [0.5, 0.6) is 0 Å². The summed E-state index contributed by atoms with van der Waals surface area (Å²) in [5.41, 5.74) is 3.12. The highest BCUT2D eigenvalue weighted by molar-refractivity contribution is 9.10. The number of carbonyl (C=O) groups is 1. The van der Waals surface area contributed by atoms with Crippen molar-refractivity contribution in [2.75, 3.05) is 13.6 Å². The molecule has 0 saturated carbocycles. The molecule has 1 heterocycles. The number of fused-ring (bicyclic) bond motifs is 1. The number of amides is 1. The molecule has 0 bridgehead atoms. The maximum absolute atomic E-state index is 11.9. The first-order chi connectivity index (χ1) is 6.59. The number of likely N-dealkylation sites (N-methyl/N-ethyl adjacent to an activating group) is 1. The van der Waals surface area contributed by atoms with E-state index in [0.29, 0.717) is 0 Å². The molecular weight excluding hydrogens is 242 g/mol. The second kappa shape index (κ2) is 3.39. The first-order valence-electron chi connectivity index (χ1n) is 4.64. The number of benzene rings is 1. The molecule has 0 atom stereocenters. The van der Waals surface area contributed by atoms with Gasteiger partial charge >= 0.3 is 0 Å². The molecular formula is C11H12BrNO. The zero-order chi connectivity index (χ0) is 10.3. The van der Waals surface area contributed by atoms with Crippen molar-refractivity contribution in [1.29, 1.82) is 0 Å². The Bertz CT molecular complexity index is 401. The molecule has 1 aromatic carbocycles. The Morgan fingerprint density at radius 3 is 2.86 bits per heavy atom. The molecule has 0 fully saturated rings. The van der Waals surface area contributed by atoms with E-state index in [1.54, 1.807) is 4.90 Å². The van der Waals surface area contributed by atoms with Crippen molar-refractivity contribution in [2.45, 2.75) is 13.3 Å². The number of hydrogen-bond donors (Lipinski definition) is 0. The van der Waals surface area contributed by atoms with Crippen LogP contribution in [0, 0.1) is 6.92 Å². The van der Waals surface area contributed by atoms with Crippen molar-refractivity contribution < 1.29 is 4.79 Å². The summed E-state index contributed by atoms with van der Waals surface area (Å²) in [6, 6.07) is 4.04. The summed E-state index contributed by atoms with van der Waals surface area (Å²) in [6.45, 7) is 2.81. The van der Waals surface area contributed by atoms with E-state index in [9.17, 15) is 4.79 Å². The van der Waals surface area contributed by atoms with Crippen molar-refractivity contribution in [3.05, 3.63) is 33.3 Å². The molecule has 3 heteroatoms. The number of halogens is 1. The lowest BCUT2D eigenvalue weighted by Gasteiger charge is -2.26. The number of aryl methyl sites for hydroxylation is 1. The summed E-state index contributed by atoms with van der Waals surface area (Å²) < 4.78 is 1.06. The molecule has 74 valence electrons. The third-order valence-electron chi connectivity index (χ3n) is 2.66. The number of nitrogens with zero attached hydrogens (tertiary/aromatic N) is 1. The number of carbonyl (C=O) groups excluding carboxylic acids is 1. The summed E-state index contributed by atoms with van der Waals surface area (Å²) in [7, 11) is 1.85. The van der Waals surface area contributed by atoms with Gasteiger partial charge in [-0.15, -0.1) is 0 Å². The van der Waals surface area contributed by atoms with Crippen LogP contribution < -0.4 is 0 Å². The second-order valence-corrected chi connectivity index (χ2v) is 4.65. The van der Waals surface area contributed by atoms with Gasteiger partial charge in [-0.1, -0.05) is 15.9 Å². The summed E-state index contributed by atoms with van der Waals surface area (Å²) in [5, 5.41) is 0. The van der Waals surface area contributed by atoms with Crippen molar-refractivity contribution >= 4 is 21.8 Å². The maximum atomic E-state index is 11.9. The fourth-order valence-corrected chi connectivity index (χ4v) is 2.52. The largest absolute Gasteiger partial charge is 0.341 e. The highest BCUT2D eigenvalue weighted by Crippen LogP contribution is 2.25. The molecule has 0 N–H and O–H groups in total. The molecule has 0 radical (unpaired) electrons. The van der Waals surface area contributed by atoms with Gasteiger partial charge in [-0.2, -0.15) is 0 Å². The zero-order valence-corrected chi connectivity index (χ0v) is 9.89. The van der Waals surface area contributed by atoms with E-state index in [0.717, 1.165) is 28.6 Å². The molecule has 1 amide bonds. The minimum Gasteiger partial charge on any atom is -0.341 e. The molecule has 1 aliphatic rings. The van der Waals surface area contributed by atoms with Crippen molar-refractivity contribution in [2.24, 2.45) is 0 Å². The van der Waals surface area contributed by atoms with Crippen LogP contribution in [0.1, 0.15) is 21.5 Å². The standard InChI is InChI=1S/C11H12BrNO/c1-7-5-9(12)6-8-3-4-13(2)11(14)10(7)8/h5-6H,3-4H2,1-2H3. The average molecular weight is 254 g/mol. The van der Waals surface area contributed by atoms with Gasteiger partial charge in [0.1, 0.15) is 0 Å². The van der Waals surface area contributed by atoms with E-state index in [2.05, 4.69) is 15.9 Å². The van der Waals surface area contributed by atoms with E-state index in [1.807, 2.05) is 26.1 Å². The van der Waals surface area contributed by atoms with Gasteiger partial charge in [-0.05, 0) is 36.6 Å². The SMILES string of the molecule is Cc1cc(Br)cc2c1C(=O)N(C)CC2.